The summed E-state index contributed by atoms with van der Waals surface area (Å²) in [6, 6.07) is 75.3. The van der Waals surface area contributed by atoms with E-state index in [1.54, 1.807) is 0 Å². The van der Waals surface area contributed by atoms with Gasteiger partial charge >= 0.3 is 0 Å². The lowest BCUT2D eigenvalue weighted by molar-refractivity contribution is 0.591. The Morgan fingerprint density at radius 2 is 0.479 bits per heavy atom. The summed E-state index contributed by atoms with van der Waals surface area (Å²) in [5.41, 5.74) is 1.28. The van der Waals surface area contributed by atoms with Crippen molar-refractivity contribution in [3.63, 3.8) is 0 Å². The van der Waals surface area contributed by atoms with Crippen molar-refractivity contribution < 1.29 is 0 Å². The molecule has 7 aromatic carbocycles. The topological polar surface area (TPSA) is 0 Å². The Labute approximate surface area is 287 Å². The summed E-state index contributed by atoms with van der Waals surface area (Å²) in [4.78, 5) is 0. The van der Waals surface area contributed by atoms with E-state index >= 15 is 0 Å². The molecule has 7 rings (SSSR count). The van der Waals surface area contributed by atoms with Crippen molar-refractivity contribution in [3.05, 3.63) is 206 Å². The fraction of sp³-hybridized carbons (Fsp3) is 0.0870. The average Bonchev–Trinajstić information content (AvgIpc) is 3.15. The summed E-state index contributed by atoms with van der Waals surface area (Å²) >= 11 is 0. The standard InChI is InChI=1S/C46H42P2/c1-46(2,3)37-34-44(47(38-22-10-4-11-23-38,39-24-12-5-13-25-39)40-26-14-6-15-27-40)36-45(35-37)48(41-28-16-7-17-29-41,42-30-18-8-19-31-42)43-32-20-9-21-33-43/h4-36H,1-3H3/q+2. The third kappa shape index (κ3) is 5.65. The molecule has 0 aromatic heterocycles. The van der Waals surface area contributed by atoms with Crippen LogP contribution >= 0.6 is 14.5 Å². The molecule has 0 atom stereocenters. The van der Waals surface area contributed by atoms with E-state index in [0.717, 1.165) is 0 Å². The molecule has 0 N–H and O–H groups in total. The van der Waals surface area contributed by atoms with E-state index in [2.05, 4.69) is 221 Å². The maximum Gasteiger partial charge on any atom is 0.144 e. The maximum atomic E-state index is 2.61. The highest BCUT2D eigenvalue weighted by Crippen LogP contribution is 2.58. The van der Waals surface area contributed by atoms with Gasteiger partial charge in [-0.25, -0.2) is 0 Å². The van der Waals surface area contributed by atoms with Crippen LogP contribution in [-0.2, 0) is 5.41 Å². The van der Waals surface area contributed by atoms with Crippen molar-refractivity contribution in [3.8, 4) is 0 Å². The zero-order chi connectivity index (χ0) is 33.0. The van der Waals surface area contributed by atoms with Crippen molar-refractivity contribution in [2.45, 2.75) is 26.2 Å². The predicted molar refractivity (Wildman–Crippen MR) is 215 cm³/mol. The Kier molecular flexibility index (Phi) is 8.98. The molecule has 0 unspecified atom stereocenters. The van der Waals surface area contributed by atoms with Crippen LogP contribution in [-0.4, -0.2) is 0 Å². The van der Waals surface area contributed by atoms with Gasteiger partial charge in [-0.05, 0) is 95.9 Å². The van der Waals surface area contributed by atoms with Gasteiger partial charge in [-0.2, -0.15) is 0 Å². The normalized spacial score (nSPS) is 12.1. The first kappa shape index (κ1) is 32.0. The van der Waals surface area contributed by atoms with Crippen LogP contribution in [0.5, 0.6) is 0 Å². The Hall–Kier alpha value is -4.60. The Bertz CT molecular complexity index is 1730. The second-order valence-electron chi connectivity index (χ2n) is 13.3. The van der Waals surface area contributed by atoms with Gasteiger partial charge in [0.2, 0.25) is 0 Å². The number of hydrogen-bond acceptors (Lipinski definition) is 0. The maximum absolute atomic E-state index is 2.61. The molecule has 2 heteroatoms. The summed E-state index contributed by atoms with van der Waals surface area (Å²) < 4.78 is 0. The van der Waals surface area contributed by atoms with Gasteiger partial charge < -0.3 is 0 Å². The van der Waals surface area contributed by atoms with Crippen LogP contribution in [0.1, 0.15) is 26.3 Å². The molecule has 0 saturated carbocycles. The first-order valence-corrected chi connectivity index (χ1v) is 20.3. The largest absolute Gasteiger partial charge is 0.144 e. The van der Waals surface area contributed by atoms with Gasteiger partial charge in [0.1, 0.15) is 57.0 Å². The number of rotatable bonds is 8. The minimum Gasteiger partial charge on any atom is -0.0620 e. The molecule has 0 bridgehead atoms. The number of benzene rings is 7. The second-order valence-corrected chi connectivity index (χ2v) is 20.2. The summed E-state index contributed by atoms with van der Waals surface area (Å²) in [6.45, 7) is 7.08. The van der Waals surface area contributed by atoms with E-state index in [1.165, 1.54) is 48.0 Å². The van der Waals surface area contributed by atoms with Crippen LogP contribution < -0.4 is 42.4 Å². The Morgan fingerprint density at radius 3 is 0.667 bits per heavy atom. The van der Waals surface area contributed by atoms with Gasteiger partial charge in [0.25, 0.3) is 0 Å². The van der Waals surface area contributed by atoms with E-state index < -0.39 is 14.5 Å². The summed E-state index contributed by atoms with van der Waals surface area (Å²) in [6.07, 6.45) is 0. The fourth-order valence-corrected chi connectivity index (χ4v) is 15.8. The van der Waals surface area contributed by atoms with Crippen molar-refractivity contribution >= 4 is 57.0 Å². The third-order valence-electron chi connectivity index (χ3n) is 9.40. The van der Waals surface area contributed by atoms with E-state index in [-0.39, 0.29) is 5.41 Å². The van der Waals surface area contributed by atoms with Crippen LogP contribution in [0.3, 0.4) is 0 Å². The first-order valence-electron chi connectivity index (χ1n) is 16.7. The summed E-state index contributed by atoms with van der Waals surface area (Å²) in [5, 5.41) is 11.0. The lowest BCUT2D eigenvalue weighted by atomic mass is 9.87. The minimum atomic E-state index is -2.36. The van der Waals surface area contributed by atoms with Crippen LogP contribution in [0.2, 0.25) is 0 Å². The lowest BCUT2D eigenvalue weighted by Gasteiger charge is -2.32. The van der Waals surface area contributed by atoms with Gasteiger partial charge in [-0.1, -0.05) is 130 Å². The molecule has 0 amide bonds. The summed E-state index contributed by atoms with van der Waals surface area (Å²) in [7, 11) is -4.71. The van der Waals surface area contributed by atoms with Gasteiger partial charge in [-0.15, -0.1) is 0 Å². The highest BCUT2D eigenvalue weighted by Gasteiger charge is 2.53. The second kappa shape index (κ2) is 13.5. The minimum absolute atomic E-state index is 0.0792. The smallest absolute Gasteiger partial charge is 0.0620 e. The van der Waals surface area contributed by atoms with Gasteiger partial charge in [0.15, 0.2) is 0 Å². The molecule has 0 aliphatic carbocycles. The monoisotopic (exact) mass is 656 g/mol. The molecule has 234 valence electrons. The van der Waals surface area contributed by atoms with E-state index in [4.69, 9.17) is 0 Å². The Balaban J connectivity index is 1.69. The quantitative estimate of drug-likeness (QED) is 0.145. The molecule has 0 nitrogen and oxygen atoms in total. The molecule has 0 aliphatic rings. The Morgan fingerprint density at radius 1 is 0.271 bits per heavy atom. The van der Waals surface area contributed by atoms with Crippen molar-refractivity contribution in [2.24, 2.45) is 0 Å². The molecule has 48 heavy (non-hydrogen) atoms. The van der Waals surface area contributed by atoms with Crippen LogP contribution in [0.25, 0.3) is 0 Å². The summed E-state index contributed by atoms with van der Waals surface area (Å²) in [5.74, 6) is 0. The highest BCUT2D eigenvalue weighted by atomic mass is 31.2. The molecule has 0 saturated heterocycles. The van der Waals surface area contributed by atoms with Crippen molar-refractivity contribution in [2.75, 3.05) is 0 Å². The molecule has 0 fully saturated rings. The SMILES string of the molecule is CC(C)(C)c1cc([P+](c2ccccc2)(c2ccccc2)c2ccccc2)cc([P+](c2ccccc2)(c2ccccc2)c2ccccc2)c1. The van der Waals surface area contributed by atoms with Crippen LogP contribution in [0, 0.1) is 0 Å². The van der Waals surface area contributed by atoms with Gasteiger partial charge in [-0.3, -0.25) is 0 Å². The molecule has 7 aromatic rings. The molecule has 0 heterocycles. The molecule has 0 radical (unpaired) electrons. The van der Waals surface area contributed by atoms with E-state index in [1.807, 2.05) is 0 Å². The zero-order valence-corrected chi connectivity index (χ0v) is 29.7. The average molecular weight is 657 g/mol. The van der Waals surface area contributed by atoms with Crippen LogP contribution in [0.15, 0.2) is 200 Å². The zero-order valence-electron chi connectivity index (χ0n) is 27.9. The first-order chi connectivity index (χ1) is 23.4. The molecular weight excluding hydrogens is 614 g/mol. The molecule has 0 spiro atoms. The molecule has 0 aliphatic heterocycles. The van der Waals surface area contributed by atoms with Gasteiger partial charge in [0, 0.05) is 6.07 Å². The van der Waals surface area contributed by atoms with Crippen molar-refractivity contribution in [1.29, 1.82) is 0 Å². The molecular formula is C46H42P2+2. The van der Waals surface area contributed by atoms with E-state index in [0.29, 0.717) is 0 Å². The third-order valence-corrected chi connectivity index (χ3v) is 17.9. The van der Waals surface area contributed by atoms with Crippen LogP contribution in [0.4, 0.5) is 0 Å². The van der Waals surface area contributed by atoms with Crippen molar-refractivity contribution in [1.82, 2.24) is 0 Å². The highest BCUT2D eigenvalue weighted by molar-refractivity contribution is 8.02. The predicted octanol–water partition coefficient (Wildman–Crippen LogP) is 8.22. The van der Waals surface area contributed by atoms with Gasteiger partial charge in [0.05, 0.1) is 0 Å². The van der Waals surface area contributed by atoms with E-state index in [9.17, 15) is 0 Å². The lowest BCUT2D eigenvalue weighted by Crippen LogP contribution is -2.43. The number of hydrogen-bond donors (Lipinski definition) is 0. The fourth-order valence-electron chi connectivity index (χ4n) is 7.11.